The lowest BCUT2D eigenvalue weighted by atomic mass is 10.1. The Labute approximate surface area is 409 Å². The Bertz CT molecular complexity index is 1150. The van der Waals surface area contributed by atoms with Crippen molar-refractivity contribution < 1.29 is 28.6 Å². The standard InChI is InChI=1S/C60H108O6/c1-4-7-10-13-16-19-22-25-27-29-31-32-35-38-41-44-47-50-53-59(62)65-56-57(55-64-58(61)52-49-46-43-40-37-34-24-21-18-15-12-9-6-3)66-60(63)54-51-48-45-42-39-36-33-30-28-26-23-20-17-14-11-8-5-2/h12,15,21,24,26-29,57H,4-11,13-14,16-20,22-23,25,30-56H2,1-3H3/b15-12-,24-21-,28-26-,29-27-. The van der Waals surface area contributed by atoms with Gasteiger partial charge in [0.1, 0.15) is 13.2 Å². The second-order valence-corrected chi connectivity index (χ2v) is 19.2. The molecule has 0 N–H and O–H groups in total. The van der Waals surface area contributed by atoms with Crippen LogP contribution in [0.25, 0.3) is 0 Å². The van der Waals surface area contributed by atoms with Crippen LogP contribution in [0.3, 0.4) is 0 Å². The Kier molecular flexibility index (Phi) is 52.8. The molecule has 0 saturated carbocycles. The SMILES string of the molecule is CCC/C=C\C/C=C\CCCCCCCC(=O)OCC(COC(=O)CCCCCCCCC/C=C\CCCCCCCCC)OC(=O)CCCCCCCCC/C=C\CCCCCCCC. The van der Waals surface area contributed by atoms with Gasteiger partial charge < -0.3 is 14.2 Å². The number of esters is 3. The summed E-state index contributed by atoms with van der Waals surface area (Å²) < 4.78 is 16.8. The van der Waals surface area contributed by atoms with E-state index in [2.05, 4.69) is 69.4 Å². The zero-order valence-corrected chi connectivity index (χ0v) is 44.0. The first-order valence-corrected chi connectivity index (χ1v) is 28.6. The van der Waals surface area contributed by atoms with Gasteiger partial charge in [-0.3, -0.25) is 14.4 Å². The lowest BCUT2D eigenvalue weighted by Crippen LogP contribution is -2.30. The van der Waals surface area contributed by atoms with Crippen molar-refractivity contribution in [1.29, 1.82) is 0 Å². The highest BCUT2D eigenvalue weighted by atomic mass is 16.6. The number of hydrogen-bond donors (Lipinski definition) is 0. The van der Waals surface area contributed by atoms with Crippen LogP contribution < -0.4 is 0 Å². The highest BCUT2D eigenvalue weighted by molar-refractivity contribution is 5.71. The molecule has 66 heavy (non-hydrogen) atoms. The molecule has 384 valence electrons. The minimum atomic E-state index is -0.782. The van der Waals surface area contributed by atoms with Crippen molar-refractivity contribution in [3.63, 3.8) is 0 Å². The Morgan fingerprint density at radius 1 is 0.303 bits per heavy atom. The molecule has 0 aromatic carbocycles. The highest BCUT2D eigenvalue weighted by Gasteiger charge is 2.19. The second kappa shape index (κ2) is 55.0. The fraction of sp³-hybridized carbons (Fsp3) is 0.817. The van der Waals surface area contributed by atoms with Crippen molar-refractivity contribution in [3.05, 3.63) is 48.6 Å². The molecule has 1 atom stereocenters. The maximum absolute atomic E-state index is 12.8. The lowest BCUT2D eigenvalue weighted by molar-refractivity contribution is -0.167. The normalized spacial score (nSPS) is 12.3. The minimum absolute atomic E-state index is 0.0803. The van der Waals surface area contributed by atoms with E-state index in [9.17, 15) is 14.4 Å². The number of rotatable bonds is 52. The Hall–Kier alpha value is -2.63. The molecule has 0 fully saturated rings. The topological polar surface area (TPSA) is 78.9 Å². The molecular formula is C60H108O6. The second-order valence-electron chi connectivity index (χ2n) is 19.2. The molecule has 0 saturated heterocycles. The van der Waals surface area contributed by atoms with E-state index in [4.69, 9.17) is 14.2 Å². The van der Waals surface area contributed by atoms with Gasteiger partial charge in [0.15, 0.2) is 6.10 Å². The Morgan fingerprint density at radius 3 is 0.909 bits per heavy atom. The summed E-state index contributed by atoms with van der Waals surface area (Å²) in [6.07, 6.45) is 66.7. The van der Waals surface area contributed by atoms with E-state index >= 15 is 0 Å². The van der Waals surface area contributed by atoms with E-state index < -0.39 is 6.10 Å². The predicted molar refractivity (Wildman–Crippen MR) is 284 cm³/mol. The molecule has 0 aromatic heterocycles. The van der Waals surface area contributed by atoms with E-state index in [0.717, 1.165) is 83.5 Å². The summed E-state index contributed by atoms with van der Waals surface area (Å²) in [6.45, 7) is 6.58. The average Bonchev–Trinajstić information content (AvgIpc) is 3.31. The third kappa shape index (κ3) is 52.3. The molecule has 0 heterocycles. The fourth-order valence-corrected chi connectivity index (χ4v) is 8.18. The first-order valence-electron chi connectivity index (χ1n) is 28.6. The van der Waals surface area contributed by atoms with Crippen molar-refractivity contribution in [3.8, 4) is 0 Å². The van der Waals surface area contributed by atoms with Gasteiger partial charge in [-0.2, -0.15) is 0 Å². The average molecular weight is 926 g/mol. The molecule has 0 aliphatic rings. The Morgan fingerprint density at radius 2 is 0.576 bits per heavy atom. The van der Waals surface area contributed by atoms with E-state index in [1.165, 1.54) is 173 Å². The zero-order valence-electron chi connectivity index (χ0n) is 44.0. The minimum Gasteiger partial charge on any atom is -0.462 e. The largest absolute Gasteiger partial charge is 0.462 e. The number of unbranched alkanes of at least 4 members (excludes halogenated alkanes) is 33. The molecule has 1 unspecified atom stereocenters. The van der Waals surface area contributed by atoms with Gasteiger partial charge in [-0.05, 0) is 96.3 Å². The highest BCUT2D eigenvalue weighted by Crippen LogP contribution is 2.15. The molecule has 0 aliphatic carbocycles. The van der Waals surface area contributed by atoms with Crippen molar-refractivity contribution in [2.24, 2.45) is 0 Å². The summed E-state index contributed by atoms with van der Waals surface area (Å²) in [5, 5.41) is 0. The quantitative estimate of drug-likeness (QED) is 0.0262. The summed E-state index contributed by atoms with van der Waals surface area (Å²) in [5.74, 6) is -0.891. The van der Waals surface area contributed by atoms with Crippen LogP contribution in [0.15, 0.2) is 48.6 Å². The van der Waals surface area contributed by atoms with Crippen molar-refractivity contribution in [1.82, 2.24) is 0 Å². The summed E-state index contributed by atoms with van der Waals surface area (Å²) >= 11 is 0. The first kappa shape index (κ1) is 63.4. The molecule has 0 amide bonds. The van der Waals surface area contributed by atoms with Gasteiger partial charge in [0.25, 0.3) is 0 Å². The van der Waals surface area contributed by atoms with Gasteiger partial charge in [-0.1, -0.05) is 230 Å². The van der Waals surface area contributed by atoms with Crippen molar-refractivity contribution in [2.45, 2.75) is 303 Å². The number of allylic oxidation sites excluding steroid dienone is 8. The predicted octanol–water partition coefficient (Wildman–Crippen LogP) is 19.0. The molecule has 0 aliphatic heterocycles. The van der Waals surface area contributed by atoms with Gasteiger partial charge in [-0.15, -0.1) is 0 Å². The maximum Gasteiger partial charge on any atom is 0.306 e. The van der Waals surface area contributed by atoms with E-state index in [1.807, 2.05) is 0 Å². The van der Waals surface area contributed by atoms with Crippen LogP contribution in [0, 0.1) is 0 Å². The van der Waals surface area contributed by atoms with Gasteiger partial charge in [-0.25, -0.2) is 0 Å². The molecule has 0 radical (unpaired) electrons. The van der Waals surface area contributed by atoms with Crippen LogP contribution in [0.5, 0.6) is 0 Å². The van der Waals surface area contributed by atoms with Crippen LogP contribution in [0.4, 0.5) is 0 Å². The van der Waals surface area contributed by atoms with Crippen LogP contribution in [0.1, 0.15) is 297 Å². The molecule has 0 bridgehead atoms. The van der Waals surface area contributed by atoms with Crippen molar-refractivity contribution >= 4 is 17.9 Å². The third-order valence-corrected chi connectivity index (χ3v) is 12.5. The van der Waals surface area contributed by atoms with Crippen LogP contribution in [-0.4, -0.2) is 37.2 Å². The summed E-state index contributed by atoms with van der Waals surface area (Å²) in [5.41, 5.74) is 0. The van der Waals surface area contributed by atoms with Gasteiger partial charge >= 0.3 is 17.9 Å². The van der Waals surface area contributed by atoms with Gasteiger partial charge in [0.2, 0.25) is 0 Å². The van der Waals surface area contributed by atoms with E-state index in [-0.39, 0.29) is 31.1 Å². The van der Waals surface area contributed by atoms with E-state index in [0.29, 0.717) is 19.3 Å². The van der Waals surface area contributed by atoms with Crippen LogP contribution in [-0.2, 0) is 28.6 Å². The van der Waals surface area contributed by atoms with Crippen LogP contribution in [0.2, 0.25) is 0 Å². The van der Waals surface area contributed by atoms with Gasteiger partial charge in [0.05, 0.1) is 0 Å². The van der Waals surface area contributed by atoms with Gasteiger partial charge in [0, 0.05) is 19.3 Å². The molecule has 6 heteroatoms. The molecule has 0 rings (SSSR count). The number of ether oxygens (including phenoxy) is 3. The molecule has 0 spiro atoms. The van der Waals surface area contributed by atoms with Crippen molar-refractivity contribution in [2.75, 3.05) is 13.2 Å². The fourth-order valence-electron chi connectivity index (χ4n) is 8.18. The number of carbonyl (C=O) groups excluding carboxylic acids is 3. The summed E-state index contributed by atoms with van der Waals surface area (Å²) in [4.78, 5) is 38.1. The number of hydrogen-bond acceptors (Lipinski definition) is 6. The first-order chi connectivity index (χ1) is 32.5. The number of carbonyl (C=O) groups is 3. The smallest absolute Gasteiger partial charge is 0.306 e. The maximum atomic E-state index is 12.8. The molecule has 0 aromatic rings. The summed E-state index contributed by atoms with van der Waals surface area (Å²) in [6, 6.07) is 0. The third-order valence-electron chi connectivity index (χ3n) is 12.5. The Balaban J connectivity index is 4.37. The van der Waals surface area contributed by atoms with Crippen LogP contribution >= 0.6 is 0 Å². The molecular weight excluding hydrogens is 817 g/mol. The molecule has 6 nitrogen and oxygen atoms in total. The zero-order chi connectivity index (χ0) is 47.9. The monoisotopic (exact) mass is 925 g/mol. The lowest BCUT2D eigenvalue weighted by Gasteiger charge is -2.18. The van der Waals surface area contributed by atoms with E-state index in [1.54, 1.807) is 0 Å². The summed E-state index contributed by atoms with van der Waals surface area (Å²) in [7, 11) is 0.